The van der Waals surface area contributed by atoms with Gasteiger partial charge in [-0.15, -0.1) is 0 Å². The minimum absolute atomic E-state index is 0.427. The highest BCUT2D eigenvalue weighted by Gasteiger charge is 2.24. The van der Waals surface area contributed by atoms with Crippen LogP contribution in [0.15, 0.2) is 30.3 Å². The van der Waals surface area contributed by atoms with E-state index in [0.29, 0.717) is 5.56 Å². The van der Waals surface area contributed by atoms with Crippen LogP contribution in [0.1, 0.15) is 16.7 Å². The molecule has 0 heterocycles. The first-order valence-corrected chi connectivity index (χ1v) is 5.39. The molecule has 2 rings (SSSR count). The second-order valence-electron chi connectivity index (χ2n) is 3.73. The first-order chi connectivity index (χ1) is 9.56. The third-order valence-corrected chi connectivity index (χ3v) is 2.48. The van der Waals surface area contributed by atoms with Gasteiger partial charge in [0.1, 0.15) is 17.2 Å². The summed E-state index contributed by atoms with van der Waals surface area (Å²) < 4.78 is 53.8. The fraction of sp³-hybridized carbons (Fsp3) is 0. The normalized spacial score (nSPS) is 9.55. The molecule has 1 nitrogen and oxygen atoms in total. The Morgan fingerprint density at radius 2 is 1.20 bits per heavy atom. The van der Waals surface area contributed by atoms with Crippen LogP contribution < -0.4 is 0 Å². The predicted molar refractivity (Wildman–Crippen MR) is 63.4 cm³/mol. The smallest absolute Gasteiger partial charge is 0.181 e. The second kappa shape index (κ2) is 5.46. The Balaban J connectivity index is 2.61. The van der Waals surface area contributed by atoms with E-state index in [9.17, 15) is 17.6 Å². The molecule has 2 aromatic carbocycles. The number of rotatable bonds is 0. The predicted octanol–water partition coefficient (Wildman–Crippen LogP) is 3.51. The number of benzene rings is 2. The lowest BCUT2D eigenvalue weighted by molar-refractivity contribution is 0.447. The van der Waals surface area contributed by atoms with Crippen molar-refractivity contribution in [3.05, 3.63) is 70.3 Å². The highest BCUT2D eigenvalue weighted by molar-refractivity contribution is 5.48. The Morgan fingerprint density at radius 3 is 1.70 bits per heavy atom. The van der Waals surface area contributed by atoms with E-state index in [1.165, 1.54) is 0 Å². The van der Waals surface area contributed by atoms with E-state index in [-0.39, 0.29) is 0 Å². The van der Waals surface area contributed by atoms with Crippen molar-refractivity contribution in [2.45, 2.75) is 0 Å². The van der Waals surface area contributed by atoms with Crippen molar-refractivity contribution in [2.75, 3.05) is 0 Å². The highest BCUT2D eigenvalue weighted by atomic mass is 19.2. The molecule has 0 amide bonds. The fourth-order valence-corrected chi connectivity index (χ4v) is 1.50. The summed E-state index contributed by atoms with van der Waals surface area (Å²) in [7, 11) is 0. The maximum atomic E-state index is 13.6. The zero-order chi connectivity index (χ0) is 14.7. The molecule has 0 saturated carbocycles. The molecule has 0 aliphatic heterocycles. The summed E-state index contributed by atoms with van der Waals surface area (Å²) in [5.41, 5.74) is -1.91. The van der Waals surface area contributed by atoms with Gasteiger partial charge < -0.3 is 0 Å². The van der Waals surface area contributed by atoms with Gasteiger partial charge in [-0.3, -0.25) is 0 Å². The minimum Gasteiger partial charge on any atom is -0.202 e. The topological polar surface area (TPSA) is 23.8 Å². The molecule has 0 atom stereocenters. The van der Waals surface area contributed by atoms with Gasteiger partial charge in [-0.1, -0.05) is 30.0 Å². The Kier molecular flexibility index (Phi) is 3.72. The van der Waals surface area contributed by atoms with Crippen molar-refractivity contribution < 1.29 is 17.6 Å². The molecule has 2 aromatic rings. The van der Waals surface area contributed by atoms with Crippen LogP contribution in [0.2, 0.25) is 0 Å². The van der Waals surface area contributed by atoms with Crippen molar-refractivity contribution >= 4 is 0 Å². The van der Waals surface area contributed by atoms with Crippen LogP contribution in [0, 0.1) is 46.4 Å². The summed E-state index contributed by atoms with van der Waals surface area (Å²) in [4.78, 5) is 0. The van der Waals surface area contributed by atoms with Gasteiger partial charge >= 0.3 is 0 Å². The molecule has 0 aliphatic carbocycles. The molecule has 98 valence electrons. The van der Waals surface area contributed by atoms with Crippen LogP contribution in [0.25, 0.3) is 0 Å². The van der Waals surface area contributed by atoms with Gasteiger partial charge in [0.25, 0.3) is 0 Å². The summed E-state index contributed by atoms with van der Waals surface area (Å²) in [6.45, 7) is 0. The molecule has 0 saturated heterocycles. The first kappa shape index (κ1) is 13.6. The van der Waals surface area contributed by atoms with E-state index in [4.69, 9.17) is 5.26 Å². The summed E-state index contributed by atoms with van der Waals surface area (Å²) in [6.07, 6.45) is 0. The molecule has 20 heavy (non-hydrogen) atoms. The summed E-state index contributed by atoms with van der Waals surface area (Å²) >= 11 is 0. The summed E-state index contributed by atoms with van der Waals surface area (Å²) in [5, 5.41) is 8.45. The lowest BCUT2D eigenvalue weighted by Gasteiger charge is -2.03. The minimum atomic E-state index is -1.75. The zero-order valence-corrected chi connectivity index (χ0v) is 9.85. The van der Waals surface area contributed by atoms with Gasteiger partial charge in [0.15, 0.2) is 23.3 Å². The van der Waals surface area contributed by atoms with Crippen molar-refractivity contribution in [3.63, 3.8) is 0 Å². The number of halogens is 4. The fourth-order valence-electron chi connectivity index (χ4n) is 1.50. The average molecular weight is 275 g/mol. The van der Waals surface area contributed by atoms with Gasteiger partial charge in [-0.25, -0.2) is 17.6 Å². The lowest BCUT2D eigenvalue weighted by Crippen LogP contribution is -2.04. The van der Waals surface area contributed by atoms with Gasteiger partial charge in [-0.2, -0.15) is 5.26 Å². The van der Waals surface area contributed by atoms with E-state index in [1.807, 2.05) is 5.92 Å². The molecule has 0 unspecified atom stereocenters. The van der Waals surface area contributed by atoms with E-state index in [2.05, 4.69) is 5.92 Å². The van der Waals surface area contributed by atoms with Crippen molar-refractivity contribution in [1.29, 1.82) is 5.26 Å². The molecule has 0 aromatic heterocycles. The third kappa shape index (κ3) is 2.34. The molecule has 5 heteroatoms. The molecule has 0 spiro atoms. The Hall–Kier alpha value is -2.79. The molecule has 0 fully saturated rings. The molecule has 0 N–H and O–H groups in total. The largest absolute Gasteiger partial charge is 0.202 e. The van der Waals surface area contributed by atoms with E-state index in [0.717, 1.165) is 6.07 Å². The van der Waals surface area contributed by atoms with Crippen molar-refractivity contribution in [2.24, 2.45) is 0 Å². The van der Waals surface area contributed by atoms with Crippen molar-refractivity contribution in [1.82, 2.24) is 0 Å². The van der Waals surface area contributed by atoms with Crippen molar-refractivity contribution in [3.8, 4) is 17.9 Å². The standard InChI is InChI=1S/C15H5F4N/c16-12-10(7-6-9-4-2-1-3-5-9)13(17)15(19)11(8-20)14(12)18/h1-5H. The highest BCUT2D eigenvalue weighted by Crippen LogP contribution is 2.23. The SMILES string of the molecule is N#Cc1c(F)c(F)c(C#Cc2ccccc2)c(F)c1F. The van der Waals surface area contributed by atoms with Gasteiger partial charge in [0.05, 0.1) is 0 Å². The number of hydrogen-bond acceptors (Lipinski definition) is 1. The second-order valence-corrected chi connectivity index (χ2v) is 3.73. The number of nitrogens with zero attached hydrogens (tertiary/aromatic N) is 1. The van der Waals surface area contributed by atoms with Gasteiger partial charge in [-0.05, 0) is 12.1 Å². The van der Waals surface area contributed by atoms with Crippen LogP contribution in [0.3, 0.4) is 0 Å². The van der Waals surface area contributed by atoms with Gasteiger partial charge in [0.2, 0.25) is 0 Å². The molecule has 0 radical (unpaired) electrons. The molecule has 0 bridgehead atoms. The van der Waals surface area contributed by atoms with Crippen LogP contribution >= 0.6 is 0 Å². The Bertz CT molecular complexity index is 735. The monoisotopic (exact) mass is 275 g/mol. The van der Waals surface area contributed by atoms with E-state index >= 15 is 0 Å². The first-order valence-electron chi connectivity index (χ1n) is 5.39. The molecule has 0 aliphatic rings. The van der Waals surface area contributed by atoms with Crippen LogP contribution in [-0.2, 0) is 0 Å². The third-order valence-electron chi connectivity index (χ3n) is 2.48. The molecular formula is C15H5F4N. The van der Waals surface area contributed by atoms with Crippen LogP contribution in [0.4, 0.5) is 17.6 Å². The Labute approximate surface area is 112 Å². The van der Waals surface area contributed by atoms with Crippen LogP contribution in [0.5, 0.6) is 0 Å². The Morgan fingerprint density at radius 1 is 0.700 bits per heavy atom. The van der Waals surface area contributed by atoms with Crippen LogP contribution in [-0.4, -0.2) is 0 Å². The molecular weight excluding hydrogens is 270 g/mol. The van der Waals surface area contributed by atoms with E-state index < -0.39 is 34.4 Å². The zero-order valence-electron chi connectivity index (χ0n) is 9.85. The van der Waals surface area contributed by atoms with Gasteiger partial charge in [0, 0.05) is 5.56 Å². The summed E-state index contributed by atoms with van der Waals surface area (Å²) in [6, 6.07) is 9.22. The maximum absolute atomic E-state index is 13.6. The lowest BCUT2D eigenvalue weighted by atomic mass is 10.1. The summed E-state index contributed by atoms with van der Waals surface area (Å²) in [5.74, 6) is -2.42. The van der Waals surface area contributed by atoms with E-state index in [1.54, 1.807) is 30.3 Å². The number of hydrogen-bond donors (Lipinski definition) is 0. The average Bonchev–Trinajstić information content (AvgIpc) is 2.47. The maximum Gasteiger partial charge on any atom is 0.181 e. The quantitative estimate of drug-likeness (QED) is 0.410. The number of nitriles is 1.